The summed E-state index contributed by atoms with van der Waals surface area (Å²) in [5.74, 6) is 2.43. The number of para-hydroxylation sites is 2. The summed E-state index contributed by atoms with van der Waals surface area (Å²) in [6.45, 7) is 5.12. The second-order valence-electron chi connectivity index (χ2n) is 8.48. The summed E-state index contributed by atoms with van der Waals surface area (Å²) in [6.07, 6.45) is 0. The first kappa shape index (κ1) is 26.2. The Kier molecular flexibility index (Phi) is 8.08. The van der Waals surface area contributed by atoms with Crippen LogP contribution in [0.15, 0.2) is 48.5 Å². The number of amides is 1. The molecule has 9 heteroatoms. The largest absolute Gasteiger partial charge is 0.493 e. The van der Waals surface area contributed by atoms with E-state index < -0.39 is 0 Å². The minimum Gasteiger partial charge on any atom is -0.493 e. The predicted octanol–water partition coefficient (Wildman–Crippen LogP) is 5.34. The zero-order chi connectivity index (χ0) is 26.5. The van der Waals surface area contributed by atoms with Crippen LogP contribution >= 0.6 is 11.6 Å². The van der Waals surface area contributed by atoms with Gasteiger partial charge in [-0.3, -0.25) is 4.79 Å². The molecule has 1 N–H and O–H groups in total. The second-order valence-corrected chi connectivity index (χ2v) is 8.86. The highest BCUT2D eigenvalue weighted by Crippen LogP contribution is 2.38. The van der Waals surface area contributed by atoms with Gasteiger partial charge in [-0.1, -0.05) is 23.7 Å². The SMILES string of the molecule is COc1cc(C(=O)NCc2nc3ccccc3n2CCOc2cc(C)c(Cl)c(C)c2)cc(OC)c1OC. The standard InChI is InChI=1S/C28H30ClN3O5/c1-17-12-20(13-18(2)26(17)29)37-11-10-32-22-9-7-6-8-21(22)31-25(32)16-30-28(33)19-14-23(34-3)27(36-5)24(15-19)35-4/h6-9,12-15H,10-11,16H2,1-5H3,(H,30,33). The van der Waals surface area contributed by atoms with Gasteiger partial charge < -0.3 is 28.8 Å². The number of aryl methyl sites for hydroxylation is 2. The number of aromatic nitrogens is 2. The fourth-order valence-electron chi connectivity index (χ4n) is 4.23. The zero-order valence-electron chi connectivity index (χ0n) is 21.6. The first-order valence-corrected chi connectivity index (χ1v) is 12.2. The van der Waals surface area contributed by atoms with Crippen LogP contribution in [0.1, 0.15) is 27.3 Å². The van der Waals surface area contributed by atoms with Gasteiger partial charge in [-0.05, 0) is 61.4 Å². The number of rotatable bonds is 10. The third kappa shape index (κ3) is 5.59. The third-order valence-corrected chi connectivity index (χ3v) is 6.66. The molecule has 4 aromatic rings. The lowest BCUT2D eigenvalue weighted by atomic mass is 10.1. The Hall–Kier alpha value is -3.91. The van der Waals surface area contributed by atoms with Crippen LogP contribution in [0.3, 0.4) is 0 Å². The molecule has 1 aromatic heterocycles. The van der Waals surface area contributed by atoms with Crippen molar-refractivity contribution < 1.29 is 23.7 Å². The van der Waals surface area contributed by atoms with Crippen molar-refractivity contribution in [3.05, 3.63) is 76.1 Å². The van der Waals surface area contributed by atoms with E-state index in [1.54, 1.807) is 12.1 Å². The number of nitrogens with one attached hydrogen (secondary N) is 1. The fourth-order valence-corrected chi connectivity index (χ4v) is 4.34. The van der Waals surface area contributed by atoms with Crippen molar-refractivity contribution >= 4 is 28.5 Å². The molecule has 0 aliphatic heterocycles. The lowest BCUT2D eigenvalue weighted by molar-refractivity contribution is 0.0948. The molecule has 1 heterocycles. The van der Waals surface area contributed by atoms with Crippen LogP contribution in [-0.2, 0) is 13.1 Å². The van der Waals surface area contributed by atoms with Gasteiger partial charge in [-0.15, -0.1) is 0 Å². The van der Waals surface area contributed by atoms with E-state index in [1.807, 2.05) is 50.2 Å². The molecule has 0 radical (unpaired) electrons. The number of hydrogen-bond acceptors (Lipinski definition) is 6. The van der Waals surface area contributed by atoms with Gasteiger partial charge in [0.1, 0.15) is 18.2 Å². The van der Waals surface area contributed by atoms with Crippen LogP contribution in [-0.4, -0.2) is 43.4 Å². The van der Waals surface area contributed by atoms with E-state index in [0.717, 1.165) is 32.9 Å². The molecule has 8 nitrogen and oxygen atoms in total. The smallest absolute Gasteiger partial charge is 0.251 e. The number of carbonyl (C=O) groups is 1. The highest BCUT2D eigenvalue weighted by Gasteiger charge is 2.18. The van der Waals surface area contributed by atoms with E-state index >= 15 is 0 Å². The number of methoxy groups -OCH3 is 3. The average molecular weight is 524 g/mol. The van der Waals surface area contributed by atoms with Crippen molar-refractivity contribution in [1.82, 2.24) is 14.9 Å². The third-order valence-electron chi connectivity index (χ3n) is 6.06. The van der Waals surface area contributed by atoms with Crippen molar-refractivity contribution in [3.63, 3.8) is 0 Å². The minimum absolute atomic E-state index is 0.226. The molecule has 3 aromatic carbocycles. The van der Waals surface area contributed by atoms with Crippen molar-refractivity contribution in [1.29, 1.82) is 0 Å². The normalized spacial score (nSPS) is 10.9. The Bertz CT molecular complexity index is 1380. The van der Waals surface area contributed by atoms with Crippen LogP contribution in [0.2, 0.25) is 5.02 Å². The molecule has 0 bridgehead atoms. The van der Waals surface area contributed by atoms with E-state index in [0.29, 0.717) is 41.8 Å². The van der Waals surface area contributed by atoms with Crippen molar-refractivity contribution in [2.75, 3.05) is 27.9 Å². The summed E-state index contributed by atoms with van der Waals surface area (Å²) in [6, 6.07) is 14.9. The van der Waals surface area contributed by atoms with Crippen LogP contribution in [0.4, 0.5) is 0 Å². The van der Waals surface area contributed by atoms with Crippen LogP contribution in [0.5, 0.6) is 23.0 Å². The maximum Gasteiger partial charge on any atom is 0.251 e. The molecule has 0 fully saturated rings. The van der Waals surface area contributed by atoms with Gasteiger partial charge in [0, 0.05) is 10.6 Å². The molecule has 0 saturated heterocycles. The molecule has 0 aliphatic carbocycles. The van der Waals surface area contributed by atoms with Gasteiger partial charge in [0.25, 0.3) is 5.91 Å². The summed E-state index contributed by atoms with van der Waals surface area (Å²) in [4.78, 5) is 17.8. The topological polar surface area (TPSA) is 83.8 Å². The summed E-state index contributed by atoms with van der Waals surface area (Å²) >= 11 is 6.28. The predicted molar refractivity (Wildman–Crippen MR) is 143 cm³/mol. The first-order chi connectivity index (χ1) is 17.9. The number of nitrogens with zero attached hydrogens (tertiary/aromatic N) is 2. The van der Waals surface area contributed by atoms with Crippen molar-refractivity contribution in [2.24, 2.45) is 0 Å². The highest BCUT2D eigenvalue weighted by molar-refractivity contribution is 6.32. The van der Waals surface area contributed by atoms with Gasteiger partial charge in [0.2, 0.25) is 5.75 Å². The van der Waals surface area contributed by atoms with E-state index in [4.69, 9.17) is 35.5 Å². The Morgan fingerprint density at radius 3 is 2.24 bits per heavy atom. The van der Waals surface area contributed by atoms with Gasteiger partial charge in [-0.2, -0.15) is 0 Å². The molecular weight excluding hydrogens is 494 g/mol. The number of imidazole rings is 1. The quantitative estimate of drug-likeness (QED) is 0.302. The van der Waals surface area contributed by atoms with Crippen LogP contribution < -0.4 is 24.3 Å². The molecule has 4 rings (SSSR count). The summed E-state index contributed by atoms with van der Waals surface area (Å²) in [5, 5.41) is 3.70. The number of carbonyl (C=O) groups excluding carboxylic acids is 1. The summed E-state index contributed by atoms with van der Waals surface area (Å²) in [7, 11) is 4.54. The molecule has 0 atom stereocenters. The number of halogens is 1. The lowest BCUT2D eigenvalue weighted by Crippen LogP contribution is -2.25. The Labute approximate surface area is 221 Å². The molecule has 0 saturated carbocycles. The minimum atomic E-state index is -0.291. The average Bonchev–Trinajstić information content (AvgIpc) is 3.26. The van der Waals surface area contributed by atoms with Crippen molar-refractivity contribution in [2.45, 2.75) is 26.9 Å². The molecule has 1 amide bonds. The molecular formula is C28H30ClN3O5. The number of hydrogen-bond donors (Lipinski definition) is 1. The van der Waals surface area contributed by atoms with E-state index in [9.17, 15) is 4.79 Å². The molecule has 194 valence electrons. The molecule has 37 heavy (non-hydrogen) atoms. The van der Waals surface area contributed by atoms with Gasteiger partial charge in [0.05, 0.1) is 45.5 Å². The van der Waals surface area contributed by atoms with Crippen LogP contribution in [0, 0.1) is 13.8 Å². The van der Waals surface area contributed by atoms with E-state index in [2.05, 4.69) is 9.88 Å². The zero-order valence-corrected chi connectivity index (χ0v) is 22.3. The molecule has 0 spiro atoms. The fraction of sp³-hybridized carbons (Fsp3) is 0.286. The number of benzene rings is 3. The Balaban J connectivity index is 1.52. The maximum absolute atomic E-state index is 13.0. The summed E-state index contributed by atoms with van der Waals surface area (Å²) < 4.78 is 24.2. The van der Waals surface area contributed by atoms with E-state index in [1.165, 1.54) is 21.3 Å². The summed E-state index contributed by atoms with van der Waals surface area (Å²) in [5.41, 5.74) is 4.14. The van der Waals surface area contributed by atoms with Gasteiger partial charge in [0.15, 0.2) is 11.5 Å². The molecule has 0 aliphatic rings. The Morgan fingerprint density at radius 2 is 1.62 bits per heavy atom. The number of fused-ring (bicyclic) bond motifs is 1. The number of ether oxygens (including phenoxy) is 4. The highest BCUT2D eigenvalue weighted by atomic mass is 35.5. The van der Waals surface area contributed by atoms with Gasteiger partial charge >= 0.3 is 0 Å². The monoisotopic (exact) mass is 523 g/mol. The van der Waals surface area contributed by atoms with E-state index in [-0.39, 0.29) is 12.5 Å². The Morgan fingerprint density at radius 1 is 0.973 bits per heavy atom. The lowest BCUT2D eigenvalue weighted by Gasteiger charge is -2.15. The van der Waals surface area contributed by atoms with Crippen LogP contribution in [0.25, 0.3) is 11.0 Å². The molecule has 0 unspecified atom stereocenters. The first-order valence-electron chi connectivity index (χ1n) is 11.8. The van der Waals surface area contributed by atoms with Gasteiger partial charge in [-0.25, -0.2) is 4.98 Å². The maximum atomic E-state index is 13.0. The second kappa shape index (κ2) is 11.4. The van der Waals surface area contributed by atoms with Crippen molar-refractivity contribution in [3.8, 4) is 23.0 Å².